The third kappa shape index (κ3) is 1.51. The van der Waals surface area contributed by atoms with Gasteiger partial charge in [0.15, 0.2) is 0 Å². The molecule has 1 atom stereocenters. The van der Waals surface area contributed by atoms with Gasteiger partial charge in [-0.25, -0.2) is 4.98 Å². The van der Waals surface area contributed by atoms with Crippen molar-refractivity contribution in [1.29, 1.82) is 0 Å². The summed E-state index contributed by atoms with van der Waals surface area (Å²) in [4.78, 5) is 4.47. The smallest absolute Gasteiger partial charge is 0.106 e. The van der Waals surface area contributed by atoms with E-state index in [1.165, 1.54) is 12.8 Å². The van der Waals surface area contributed by atoms with Crippen LogP contribution in [0.4, 0.5) is 0 Å². The molecule has 1 aromatic heterocycles. The summed E-state index contributed by atoms with van der Waals surface area (Å²) in [6, 6.07) is 6.24. The Morgan fingerprint density at radius 1 is 1.54 bits per heavy atom. The molecule has 70 valence electrons. The van der Waals surface area contributed by atoms with Crippen LogP contribution in [-0.2, 0) is 5.41 Å². The summed E-state index contributed by atoms with van der Waals surface area (Å²) in [7, 11) is 0. The molecule has 3 heteroatoms. The van der Waals surface area contributed by atoms with E-state index in [-0.39, 0.29) is 11.5 Å². The van der Waals surface area contributed by atoms with Crippen LogP contribution in [0.2, 0.25) is 0 Å². The van der Waals surface area contributed by atoms with Gasteiger partial charge in [0.25, 0.3) is 0 Å². The molecule has 1 fully saturated rings. The van der Waals surface area contributed by atoms with Gasteiger partial charge >= 0.3 is 0 Å². The maximum atomic E-state index is 5.96. The summed E-state index contributed by atoms with van der Waals surface area (Å²) < 4.78 is 0.900. The van der Waals surface area contributed by atoms with Gasteiger partial charge in [-0.2, -0.15) is 0 Å². The van der Waals surface area contributed by atoms with Crippen molar-refractivity contribution in [1.82, 2.24) is 4.98 Å². The molecular weight excluding hydrogens is 228 g/mol. The SMILES string of the molecule is CC(N)C1(c2cccc(Br)n2)CC1. The Bertz CT molecular complexity index is 318. The molecule has 1 saturated carbocycles. The van der Waals surface area contributed by atoms with Crippen LogP contribution < -0.4 is 5.73 Å². The molecule has 2 rings (SSSR count). The van der Waals surface area contributed by atoms with Crippen LogP contribution >= 0.6 is 15.9 Å². The molecule has 1 aromatic rings. The third-order valence-corrected chi connectivity index (χ3v) is 3.33. The van der Waals surface area contributed by atoms with Gasteiger partial charge in [0.1, 0.15) is 4.60 Å². The first-order valence-corrected chi connectivity index (χ1v) is 5.33. The van der Waals surface area contributed by atoms with Crippen molar-refractivity contribution in [3.8, 4) is 0 Å². The second kappa shape index (κ2) is 3.07. The zero-order valence-corrected chi connectivity index (χ0v) is 9.21. The molecule has 0 aliphatic heterocycles. The molecule has 0 spiro atoms. The van der Waals surface area contributed by atoms with Crippen molar-refractivity contribution in [2.24, 2.45) is 5.73 Å². The van der Waals surface area contributed by atoms with Crippen LogP contribution in [0.15, 0.2) is 22.8 Å². The van der Waals surface area contributed by atoms with Crippen LogP contribution in [0.1, 0.15) is 25.5 Å². The number of hydrogen-bond donors (Lipinski definition) is 1. The highest BCUT2D eigenvalue weighted by Gasteiger charge is 2.48. The Labute approximate surface area is 86.7 Å². The third-order valence-electron chi connectivity index (χ3n) is 2.89. The monoisotopic (exact) mass is 240 g/mol. The van der Waals surface area contributed by atoms with Gasteiger partial charge in [0.05, 0.1) is 0 Å². The van der Waals surface area contributed by atoms with Crippen molar-refractivity contribution in [3.05, 3.63) is 28.5 Å². The fourth-order valence-corrected chi connectivity index (χ4v) is 2.11. The largest absolute Gasteiger partial charge is 0.327 e. The predicted molar refractivity (Wildman–Crippen MR) is 56.5 cm³/mol. The minimum atomic E-state index is 0.170. The highest BCUT2D eigenvalue weighted by Crippen LogP contribution is 2.49. The Hall–Kier alpha value is -0.410. The Kier molecular flexibility index (Phi) is 2.16. The van der Waals surface area contributed by atoms with Gasteiger partial charge in [-0.1, -0.05) is 6.07 Å². The lowest BCUT2D eigenvalue weighted by Crippen LogP contribution is -2.32. The number of nitrogens with two attached hydrogens (primary N) is 1. The van der Waals surface area contributed by atoms with Gasteiger partial charge in [-0.3, -0.25) is 0 Å². The zero-order valence-electron chi connectivity index (χ0n) is 7.63. The molecule has 1 unspecified atom stereocenters. The summed E-state index contributed by atoms with van der Waals surface area (Å²) in [5, 5.41) is 0. The number of pyridine rings is 1. The van der Waals surface area contributed by atoms with Crippen molar-refractivity contribution in [2.45, 2.75) is 31.2 Å². The van der Waals surface area contributed by atoms with E-state index in [0.29, 0.717) is 0 Å². The van der Waals surface area contributed by atoms with E-state index in [2.05, 4.69) is 33.9 Å². The van der Waals surface area contributed by atoms with E-state index < -0.39 is 0 Å². The molecule has 1 aliphatic rings. The van der Waals surface area contributed by atoms with Crippen molar-refractivity contribution < 1.29 is 0 Å². The van der Waals surface area contributed by atoms with Crippen LogP contribution in [0.5, 0.6) is 0 Å². The summed E-state index contributed by atoms with van der Waals surface area (Å²) in [5.41, 5.74) is 7.27. The van der Waals surface area contributed by atoms with Crippen molar-refractivity contribution in [3.63, 3.8) is 0 Å². The first kappa shape index (κ1) is 9.16. The minimum Gasteiger partial charge on any atom is -0.327 e. The Morgan fingerprint density at radius 3 is 2.69 bits per heavy atom. The summed E-state index contributed by atoms with van der Waals surface area (Å²) in [5.74, 6) is 0. The molecule has 2 N–H and O–H groups in total. The minimum absolute atomic E-state index is 0.170. The molecule has 1 aliphatic carbocycles. The lowest BCUT2D eigenvalue weighted by molar-refractivity contribution is 0.541. The number of halogens is 1. The van der Waals surface area contributed by atoms with Crippen LogP contribution in [0.25, 0.3) is 0 Å². The molecule has 13 heavy (non-hydrogen) atoms. The van der Waals surface area contributed by atoms with Gasteiger partial charge in [0, 0.05) is 17.2 Å². The first-order valence-electron chi connectivity index (χ1n) is 4.54. The summed E-state index contributed by atoms with van der Waals surface area (Å²) >= 11 is 3.38. The predicted octanol–water partition coefficient (Wildman–Crippen LogP) is 2.22. The highest BCUT2D eigenvalue weighted by molar-refractivity contribution is 9.10. The maximum Gasteiger partial charge on any atom is 0.106 e. The number of nitrogens with zero attached hydrogens (tertiary/aromatic N) is 1. The molecule has 0 amide bonds. The molecule has 2 nitrogen and oxygen atoms in total. The molecule has 0 aromatic carbocycles. The topological polar surface area (TPSA) is 38.9 Å². The molecular formula is C10H13BrN2. The standard InChI is InChI=1S/C10H13BrN2/c1-7(12)10(5-6-10)8-3-2-4-9(11)13-8/h2-4,7H,5-6,12H2,1H3. The van der Waals surface area contributed by atoms with Crippen LogP contribution in [-0.4, -0.2) is 11.0 Å². The number of hydrogen-bond acceptors (Lipinski definition) is 2. The lowest BCUT2D eigenvalue weighted by atomic mass is 9.94. The fraction of sp³-hybridized carbons (Fsp3) is 0.500. The van der Waals surface area contributed by atoms with Gasteiger partial charge in [0.2, 0.25) is 0 Å². The number of aromatic nitrogens is 1. The first-order chi connectivity index (χ1) is 6.15. The lowest BCUT2D eigenvalue weighted by Gasteiger charge is -2.18. The summed E-state index contributed by atoms with van der Waals surface area (Å²) in [6.45, 7) is 2.07. The number of rotatable bonds is 2. The zero-order chi connectivity index (χ0) is 9.47. The molecule has 0 saturated heterocycles. The highest BCUT2D eigenvalue weighted by atomic mass is 79.9. The second-order valence-electron chi connectivity index (χ2n) is 3.79. The van der Waals surface area contributed by atoms with E-state index in [1.807, 2.05) is 12.1 Å². The quantitative estimate of drug-likeness (QED) is 0.806. The Morgan fingerprint density at radius 2 is 2.23 bits per heavy atom. The average Bonchev–Trinajstić information content (AvgIpc) is 2.83. The Balaban J connectivity index is 2.35. The molecule has 0 radical (unpaired) electrons. The van der Waals surface area contributed by atoms with Gasteiger partial charge < -0.3 is 5.73 Å². The fourth-order valence-electron chi connectivity index (χ4n) is 1.76. The normalized spacial score (nSPS) is 21.2. The van der Waals surface area contributed by atoms with Crippen LogP contribution in [0.3, 0.4) is 0 Å². The summed E-state index contributed by atoms with van der Waals surface area (Å²) in [6.07, 6.45) is 2.35. The van der Waals surface area contributed by atoms with E-state index in [4.69, 9.17) is 5.73 Å². The van der Waals surface area contributed by atoms with E-state index in [1.54, 1.807) is 0 Å². The van der Waals surface area contributed by atoms with E-state index in [0.717, 1.165) is 10.3 Å². The van der Waals surface area contributed by atoms with Crippen LogP contribution in [0, 0.1) is 0 Å². The molecule has 1 heterocycles. The van der Waals surface area contributed by atoms with Crippen molar-refractivity contribution in [2.75, 3.05) is 0 Å². The molecule has 0 bridgehead atoms. The van der Waals surface area contributed by atoms with Crippen molar-refractivity contribution >= 4 is 15.9 Å². The average molecular weight is 241 g/mol. The maximum absolute atomic E-state index is 5.96. The van der Waals surface area contributed by atoms with E-state index in [9.17, 15) is 0 Å². The van der Waals surface area contributed by atoms with Gasteiger partial charge in [-0.05, 0) is 47.8 Å². The van der Waals surface area contributed by atoms with Gasteiger partial charge in [-0.15, -0.1) is 0 Å². The van der Waals surface area contributed by atoms with E-state index >= 15 is 0 Å². The second-order valence-corrected chi connectivity index (χ2v) is 4.60.